The van der Waals surface area contributed by atoms with Gasteiger partial charge >= 0.3 is 0 Å². The van der Waals surface area contributed by atoms with Crippen LogP contribution in [0.4, 0.5) is 0 Å². The summed E-state index contributed by atoms with van der Waals surface area (Å²) in [5.41, 5.74) is 2.39. The predicted molar refractivity (Wildman–Crippen MR) is 84.6 cm³/mol. The molecule has 1 aromatic carbocycles. The minimum atomic E-state index is -0.167. The minimum absolute atomic E-state index is 0.160. The fourth-order valence-electron chi connectivity index (χ4n) is 2.34. The van der Waals surface area contributed by atoms with Crippen molar-refractivity contribution in [3.05, 3.63) is 47.8 Å². The molecule has 1 aliphatic heterocycles. The summed E-state index contributed by atoms with van der Waals surface area (Å²) in [6.45, 7) is 0.400. The van der Waals surface area contributed by atoms with E-state index in [4.69, 9.17) is 9.57 Å². The Balaban J connectivity index is 1.51. The van der Waals surface area contributed by atoms with Crippen molar-refractivity contribution in [3.8, 4) is 5.75 Å². The molecule has 0 saturated carbocycles. The lowest BCUT2D eigenvalue weighted by Gasteiger charge is -2.09. The van der Waals surface area contributed by atoms with E-state index in [1.807, 2.05) is 24.3 Å². The molecule has 0 fully saturated rings. The topological polar surface area (TPSA) is 77.7 Å². The zero-order chi connectivity index (χ0) is 16.2. The number of benzene rings is 1. The van der Waals surface area contributed by atoms with Crippen molar-refractivity contribution < 1.29 is 14.4 Å². The number of carbonyl (C=O) groups is 1. The second kappa shape index (κ2) is 6.51. The lowest BCUT2D eigenvalue weighted by molar-refractivity contribution is 0.0753. The molecule has 120 valence electrons. The fraction of sp³-hybridized carbons (Fsp3) is 0.312. The predicted octanol–water partition coefficient (Wildman–Crippen LogP) is 1.35. The first-order chi connectivity index (χ1) is 11.2. The van der Waals surface area contributed by atoms with Gasteiger partial charge in [-0.1, -0.05) is 5.16 Å². The number of hydrogen-bond acceptors (Lipinski definition) is 5. The summed E-state index contributed by atoms with van der Waals surface area (Å²) >= 11 is 0. The molecule has 7 nitrogen and oxygen atoms in total. The summed E-state index contributed by atoms with van der Waals surface area (Å²) in [4.78, 5) is 17.4. The van der Waals surface area contributed by atoms with Gasteiger partial charge in [-0.2, -0.15) is 5.10 Å². The van der Waals surface area contributed by atoms with Crippen LogP contribution >= 0.6 is 0 Å². The zero-order valence-electron chi connectivity index (χ0n) is 13.0. The van der Waals surface area contributed by atoms with Crippen molar-refractivity contribution in [1.29, 1.82) is 0 Å². The Bertz CT molecular complexity index is 721. The van der Waals surface area contributed by atoms with Crippen molar-refractivity contribution >= 4 is 11.6 Å². The van der Waals surface area contributed by atoms with Crippen LogP contribution < -0.4 is 10.1 Å². The van der Waals surface area contributed by atoms with Gasteiger partial charge in [0.1, 0.15) is 11.9 Å². The third kappa shape index (κ3) is 3.50. The standard InChI is InChI=1S/C16H18N4O3/c1-20-10-12(8-18-20)16(21)17-9-14-7-15(19-23-14)11-3-5-13(22-2)6-4-11/h3-6,8,10,14H,7,9H2,1-2H3,(H,17,21). The van der Waals surface area contributed by atoms with E-state index < -0.39 is 0 Å². The van der Waals surface area contributed by atoms with E-state index in [2.05, 4.69) is 15.6 Å². The summed E-state index contributed by atoms with van der Waals surface area (Å²) in [7, 11) is 3.40. The molecule has 0 spiro atoms. The number of nitrogens with zero attached hydrogens (tertiary/aromatic N) is 3. The van der Waals surface area contributed by atoms with Crippen LogP contribution in [0, 0.1) is 0 Å². The molecule has 2 heterocycles. The monoisotopic (exact) mass is 314 g/mol. The first-order valence-corrected chi connectivity index (χ1v) is 7.29. The number of rotatable bonds is 5. The van der Waals surface area contributed by atoms with Crippen LogP contribution in [0.1, 0.15) is 22.3 Å². The van der Waals surface area contributed by atoms with Crippen molar-refractivity contribution in [2.75, 3.05) is 13.7 Å². The molecule has 0 bridgehead atoms. The molecule has 1 N–H and O–H groups in total. The lowest BCUT2D eigenvalue weighted by atomic mass is 10.0. The summed E-state index contributed by atoms with van der Waals surface area (Å²) < 4.78 is 6.73. The van der Waals surface area contributed by atoms with E-state index in [1.165, 1.54) is 6.20 Å². The SMILES string of the molecule is COc1ccc(C2=NOC(CNC(=O)c3cnn(C)c3)C2)cc1. The largest absolute Gasteiger partial charge is 0.497 e. The number of methoxy groups -OCH3 is 1. The second-order valence-corrected chi connectivity index (χ2v) is 5.31. The third-order valence-electron chi connectivity index (χ3n) is 3.61. The molecule has 1 unspecified atom stereocenters. The molecular formula is C16H18N4O3. The molecule has 3 rings (SSSR count). The number of amides is 1. The average molecular weight is 314 g/mol. The van der Waals surface area contributed by atoms with Gasteiger partial charge in [0, 0.05) is 19.7 Å². The molecule has 0 radical (unpaired) electrons. The molecule has 23 heavy (non-hydrogen) atoms. The van der Waals surface area contributed by atoms with Crippen molar-refractivity contribution in [1.82, 2.24) is 15.1 Å². The number of aryl methyl sites for hydroxylation is 1. The van der Waals surface area contributed by atoms with Gasteiger partial charge in [0.25, 0.3) is 5.91 Å². The first-order valence-electron chi connectivity index (χ1n) is 7.29. The van der Waals surface area contributed by atoms with Gasteiger partial charge < -0.3 is 14.9 Å². The number of carbonyl (C=O) groups excluding carboxylic acids is 1. The van der Waals surface area contributed by atoms with E-state index in [9.17, 15) is 4.79 Å². The Hall–Kier alpha value is -2.83. The minimum Gasteiger partial charge on any atom is -0.497 e. The smallest absolute Gasteiger partial charge is 0.254 e. The lowest BCUT2D eigenvalue weighted by Crippen LogP contribution is -2.32. The Labute approximate surface area is 133 Å². The van der Waals surface area contributed by atoms with Gasteiger partial charge in [0.2, 0.25) is 0 Å². The van der Waals surface area contributed by atoms with Crippen LogP contribution in [-0.2, 0) is 11.9 Å². The normalized spacial score (nSPS) is 16.6. The van der Waals surface area contributed by atoms with Crippen molar-refractivity contribution in [2.45, 2.75) is 12.5 Å². The molecule has 1 aliphatic rings. The highest BCUT2D eigenvalue weighted by Gasteiger charge is 2.23. The number of aromatic nitrogens is 2. The molecule has 2 aromatic rings. The maximum absolute atomic E-state index is 12.0. The van der Waals surface area contributed by atoms with Crippen LogP contribution in [0.15, 0.2) is 41.8 Å². The highest BCUT2D eigenvalue weighted by molar-refractivity contribution is 6.01. The van der Waals surface area contributed by atoms with Crippen molar-refractivity contribution in [3.63, 3.8) is 0 Å². The van der Waals surface area contributed by atoms with E-state index in [1.54, 1.807) is 25.0 Å². The molecule has 1 atom stereocenters. The Morgan fingerprint density at radius 2 is 2.22 bits per heavy atom. The number of oxime groups is 1. The van der Waals surface area contributed by atoms with Gasteiger partial charge in [0.05, 0.1) is 31.1 Å². The van der Waals surface area contributed by atoms with E-state index in [0.717, 1.165) is 17.0 Å². The highest BCUT2D eigenvalue weighted by atomic mass is 16.6. The molecule has 0 saturated heterocycles. The van der Waals surface area contributed by atoms with E-state index >= 15 is 0 Å². The summed E-state index contributed by atoms with van der Waals surface area (Å²) in [5, 5.41) is 10.9. The maximum Gasteiger partial charge on any atom is 0.254 e. The van der Waals surface area contributed by atoms with Crippen LogP contribution in [0.3, 0.4) is 0 Å². The van der Waals surface area contributed by atoms with E-state index in [0.29, 0.717) is 18.5 Å². The molecule has 7 heteroatoms. The zero-order valence-corrected chi connectivity index (χ0v) is 13.0. The van der Waals surface area contributed by atoms with Crippen LogP contribution in [-0.4, -0.2) is 41.2 Å². The fourth-order valence-corrected chi connectivity index (χ4v) is 2.34. The number of hydrogen-bond donors (Lipinski definition) is 1. The van der Waals surface area contributed by atoms with Crippen molar-refractivity contribution in [2.24, 2.45) is 12.2 Å². The molecule has 1 amide bonds. The maximum atomic E-state index is 12.0. The molecule has 0 aliphatic carbocycles. The van der Waals surface area contributed by atoms with Gasteiger partial charge in [0.15, 0.2) is 0 Å². The quantitative estimate of drug-likeness (QED) is 0.904. The molecular weight excluding hydrogens is 296 g/mol. The average Bonchev–Trinajstić information content (AvgIpc) is 3.22. The van der Waals surface area contributed by atoms with Crippen LogP contribution in [0.25, 0.3) is 0 Å². The Morgan fingerprint density at radius 1 is 1.43 bits per heavy atom. The summed E-state index contributed by atoms with van der Waals surface area (Å²) in [6, 6.07) is 7.65. The van der Waals surface area contributed by atoms with Gasteiger partial charge in [-0.3, -0.25) is 9.48 Å². The first kappa shape index (κ1) is 15.1. The Kier molecular flexibility index (Phi) is 4.27. The van der Waals surface area contributed by atoms with Gasteiger partial charge in [-0.05, 0) is 29.8 Å². The van der Waals surface area contributed by atoms with Gasteiger partial charge in [-0.25, -0.2) is 0 Å². The number of nitrogens with one attached hydrogen (secondary N) is 1. The highest BCUT2D eigenvalue weighted by Crippen LogP contribution is 2.19. The number of ether oxygens (including phenoxy) is 1. The van der Waals surface area contributed by atoms with Crippen LogP contribution in [0.2, 0.25) is 0 Å². The summed E-state index contributed by atoms with van der Waals surface area (Å²) in [6.07, 6.45) is 3.70. The Morgan fingerprint density at radius 3 is 2.87 bits per heavy atom. The summed E-state index contributed by atoms with van der Waals surface area (Å²) in [5.74, 6) is 0.633. The second-order valence-electron chi connectivity index (χ2n) is 5.31. The van der Waals surface area contributed by atoms with Gasteiger partial charge in [-0.15, -0.1) is 0 Å². The van der Waals surface area contributed by atoms with E-state index in [-0.39, 0.29) is 12.0 Å². The van der Waals surface area contributed by atoms with Crippen LogP contribution in [0.5, 0.6) is 5.75 Å². The molecule has 1 aromatic heterocycles. The third-order valence-corrected chi connectivity index (χ3v) is 3.61.